The zero-order chi connectivity index (χ0) is 10.7. The third-order valence-corrected chi connectivity index (χ3v) is 4.27. The molecule has 2 aliphatic rings. The molecule has 0 heterocycles. The van der Waals surface area contributed by atoms with Gasteiger partial charge in [-0.05, 0) is 69.9 Å². The molecule has 2 fully saturated rings. The van der Waals surface area contributed by atoms with Crippen LogP contribution in [0.5, 0.6) is 0 Å². The van der Waals surface area contributed by atoms with Gasteiger partial charge in [-0.2, -0.15) is 0 Å². The van der Waals surface area contributed by atoms with Crippen molar-refractivity contribution in [1.82, 2.24) is 5.32 Å². The molecule has 0 saturated heterocycles. The highest BCUT2D eigenvalue weighted by atomic mass is 16.3. The lowest BCUT2D eigenvalue weighted by Crippen LogP contribution is -2.27. The summed E-state index contributed by atoms with van der Waals surface area (Å²) in [6.07, 6.45) is 7.90. The Morgan fingerprint density at radius 1 is 1.33 bits per heavy atom. The van der Waals surface area contributed by atoms with Crippen LogP contribution in [0.2, 0.25) is 0 Å². The van der Waals surface area contributed by atoms with Gasteiger partial charge in [0.1, 0.15) is 0 Å². The van der Waals surface area contributed by atoms with E-state index in [9.17, 15) is 0 Å². The molecular weight excluding hydrogens is 186 g/mol. The molecule has 4 unspecified atom stereocenters. The van der Waals surface area contributed by atoms with E-state index < -0.39 is 0 Å². The smallest absolute Gasteiger partial charge is 0.0512 e. The maximum Gasteiger partial charge on any atom is 0.0512 e. The highest BCUT2D eigenvalue weighted by Gasteiger charge is 2.38. The first kappa shape index (κ1) is 11.4. The summed E-state index contributed by atoms with van der Waals surface area (Å²) in [7, 11) is 0. The van der Waals surface area contributed by atoms with Crippen LogP contribution in [0.1, 0.15) is 45.4 Å². The number of nitrogens with one attached hydrogen (secondary N) is 1. The van der Waals surface area contributed by atoms with Crippen LogP contribution in [-0.2, 0) is 0 Å². The van der Waals surface area contributed by atoms with Crippen molar-refractivity contribution in [3.8, 4) is 0 Å². The van der Waals surface area contributed by atoms with Crippen LogP contribution in [0.4, 0.5) is 0 Å². The molecular formula is C13H25NO. The summed E-state index contributed by atoms with van der Waals surface area (Å²) in [4.78, 5) is 0. The monoisotopic (exact) mass is 211 g/mol. The lowest BCUT2D eigenvalue weighted by Gasteiger charge is -2.21. The van der Waals surface area contributed by atoms with Crippen LogP contribution in [0, 0.1) is 17.8 Å². The Morgan fingerprint density at radius 3 is 2.80 bits per heavy atom. The summed E-state index contributed by atoms with van der Waals surface area (Å²) in [5.41, 5.74) is 0. The lowest BCUT2D eigenvalue weighted by molar-refractivity contribution is 0.181. The van der Waals surface area contributed by atoms with Crippen LogP contribution < -0.4 is 5.32 Å². The van der Waals surface area contributed by atoms with Gasteiger partial charge in [0.05, 0.1) is 6.10 Å². The molecule has 2 rings (SSSR count). The van der Waals surface area contributed by atoms with Gasteiger partial charge in [0, 0.05) is 0 Å². The number of hydrogen-bond acceptors (Lipinski definition) is 2. The molecule has 4 atom stereocenters. The van der Waals surface area contributed by atoms with Crippen LogP contribution in [0.3, 0.4) is 0 Å². The fourth-order valence-corrected chi connectivity index (χ4v) is 3.44. The van der Waals surface area contributed by atoms with Crippen molar-refractivity contribution < 1.29 is 5.11 Å². The minimum atomic E-state index is -0.130. The second-order valence-electron chi connectivity index (χ2n) is 5.63. The van der Waals surface area contributed by atoms with Gasteiger partial charge >= 0.3 is 0 Å². The third kappa shape index (κ3) is 3.18. The van der Waals surface area contributed by atoms with Crippen LogP contribution in [0.15, 0.2) is 0 Å². The number of hydrogen-bond donors (Lipinski definition) is 2. The van der Waals surface area contributed by atoms with Gasteiger partial charge in [-0.3, -0.25) is 0 Å². The number of fused-ring (bicyclic) bond motifs is 2. The van der Waals surface area contributed by atoms with Crippen molar-refractivity contribution in [3.05, 3.63) is 0 Å². The maximum absolute atomic E-state index is 9.12. The largest absolute Gasteiger partial charge is 0.393 e. The summed E-state index contributed by atoms with van der Waals surface area (Å²) in [5.74, 6) is 3.08. The third-order valence-electron chi connectivity index (χ3n) is 4.27. The van der Waals surface area contributed by atoms with Gasteiger partial charge in [0.15, 0.2) is 0 Å². The van der Waals surface area contributed by atoms with Crippen LogP contribution >= 0.6 is 0 Å². The van der Waals surface area contributed by atoms with Crippen molar-refractivity contribution in [2.75, 3.05) is 13.1 Å². The summed E-state index contributed by atoms with van der Waals surface area (Å²) < 4.78 is 0. The van der Waals surface area contributed by atoms with E-state index in [0.29, 0.717) is 0 Å². The number of aliphatic hydroxyl groups excluding tert-OH is 1. The molecule has 2 bridgehead atoms. The fraction of sp³-hybridized carbons (Fsp3) is 1.00. The van der Waals surface area contributed by atoms with Gasteiger partial charge < -0.3 is 10.4 Å². The van der Waals surface area contributed by atoms with Crippen molar-refractivity contribution >= 4 is 0 Å². The zero-order valence-electron chi connectivity index (χ0n) is 9.91. The van der Waals surface area contributed by atoms with E-state index >= 15 is 0 Å². The van der Waals surface area contributed by atoms with Gasteiger partial charge in [-0.1, -0.05) is 6.42 Å². The van der Waals surface area contributed by atoms with Gasteiger partial charge in [0.2, 0.25) is 0 Å². The second kappa shape index (κ2) is 5.31. The Labute approximate surface area is 93.5 Å². The Bertz CT molecular complexity index is 193. The topological polar surface area (TPSA) is 32.3 Å². The quantitative estimate of drug-likeness (QED) is 0.660. The van der Waals surface area contributed by atoms with E-state index in [4.69, 9.17) is 5.11 Å². The van der Waals surface area contributed by atoms with Gasteiger partial charge in [-0.15, -0.1) is 0 Å². The Balaban J connectivity index is 1.51. The molecule has 2 heteroatoms. The molecule has 2 saturated carbocycles. The molecule has 0 spiro atoms. The Kier molecular flexibility index (Phi) is 4.04. The van der Waals surface area contributed by atoms with Crippen molar-refractivity contribution in [1.29, 1.82) is 0 Å². The highest BCUT2D eigenvalue weighted by Crippen LogP contribution is 2.47. The van der Waals surface area contributed by atoms with Gasteiger partial charge in [-0.25, -0.2) is 0 Å². The predicted molar refractivity (Wildman–Crippen MR) is 62.7 cm³/mol. The molecule has 2 aliphatic carbocycles. The molecule has 88 valence electrons. The van der Waals surface area contributed by atoms with E-state index in [1.807, 2.05) is 6.92 Å². The summed E-state index contributed by atoms with van der Waals surface area (Å²) in [6, 6.07) is 0. The molecule has 15 heavy (non-hydrogen) atoms. The Morgan fingerprint density at radius 2 is 2.20 bits per heavy atom. The molecule has 0 aromatic heterocycles. The molecule has 0 aliphatic heterocycles. The first-order chi connectivity index (χ1) is 7.25. The molecule has 0 aromatic rings. The number of aliphatic hydroxyl groups is 1. The highest BCUT2D eigenvalue weighted by molar-refractivity contribution is 4.90. The number of rotatable bonds is 6. The first-order valence-corrected chi connectivity index (χ1v) is 6.64. The van der Waals surface area contributed by atoms with E-state index in [0.717, 1.165) is 37.1 Å². The fourth-order valence-electron chi connectivity index (χ4n) is 3.44. The summed E-state index contributed by atoms with van der Waals surface area (Å²) in [5, 5.41) is 12.7. The summed E-state index contributed by atoms with van der Waals surface area (Å²) in [6.45, 7) is 4.18. The van der Waals surface area contributed by atoms with Gasteiger partial charge in [0.25, 0.3) is 0 Å². The predicted octanol–water partition coefficient (Wildman–Crippen LogP) is 2.17. The van der Waals surface area contributed by atoms with Crippen LogP contribution in [-0.4, -0.2) is 24.3 Å². The zero-order valence-corrected chi connectivity index (χ0v) is 9.91. The van der Waals surface area contributed by atoms with E-state index in [1.165, 1.54) is 32.2 Å². The molecule has 2 N–H and O–H groups in total. The standard InChI is InChI=1S/C13H25NO/c1-10(15)3-2-6-14-9-13-8-11-4-5-12(13)7-11/h10-15H,2-9H2,1H3. The van der Waals surface area contributed by atoms with Crippen molar-refractivity contribution in [2.45, 2.75) is 51.6 Å². The van der Waals surface area contributed by atoms with E-state index in [2.05, 4.69) is 5.32 Å². The SMILES string of the molecule is CC(O)CCCNCC1CC2CCC1C2. The average Bonchev–Trinajstić information content (AvgIpc) is 2.78. The minimum Gasteiger partial charge on any atom is -0.393 e. The second-order valence-corrected chi connectivity index (χ2v) is 5.63. The normalized spacial score (nSPS) is 36.0. The molecule has 2 nitrogen and oxygen atoms in total. The van der Waals surface area contributed by atoms with Crippen LogP contribution in [0.25, 0.3) is 0 Å². The molecule has 0 amide bonds. The Hall–Kier alpha value is -0.0800. The van der Waals surface area contributed by atoms with Crippen molar-refractivity contribution in [2.24, 2.45) is 17.8 Å². The first-order valence-electron chi connectivity index (χ1n) is 6.64. The summed E-state index contributed by atoms with van der Waals surface area (Å²) >= 11 is 0. The lowest BCUT2D eigenvalue weighted by atomic mass is 9.89. The average molecular weight is 211 g/mol. The van der Waals surface area contributed by atoms with E-state index in [-0.39, 0.29) is 6.10 Å². The molecule has 0 radical (unpaired) electrons. The minimum absolute atomic E-state index is 0.130. The van der Waals surface area contributed by atoms with E-state index in [1.54, 1.807) is 0 Å². The molecule has 0 aromatic carbocycles. The van der Waals surface area contributed by atoms with Crippen molar-refractivity contribution in [3.63, 3.8) is 0 Å². The maximum atomic E-state index is 9.12.